The quantitative estimate of drug-likeness (QED) is 0.805. The smallest absolute Gasteiger partial charge is 0.258 e. The van der Waals surface area contributed by atoms with Crippen LogP contribution >= 0.6 is 0 Å². The molecule has 0 aliphatic carbocycles. The lowest BCUT2D eigenvalue weighted by atomic mass is 10.2. The molecule has 0 fully saturated rings. The second-order valence-corrected chi connectivity index (χ2v) is 4.32. The SMILES string of the molecule is O=C(Nc1ccc(-n2cncn2)nc1)c1cc(F)ccc1F. The zero-order valence-corrected chi connectivity index (χ0v) is 11.1. The maximum Gasteiger partial charge on any atom is 0.258 e. The topological polar surface area (TPSA) is 72.7 Å². The van der Waals surface area contributed by atoms with E-state index in [1.54, 1.807) is 12.1 Å². The Bertz CT molecular complexity index is 803. The van der Waals surface area contributed by atoms with Gasteiger partial charge in [0.2, 0.25) is 0 Å². The Morgan fingerprint density at radius 2 is 2.05 bits per heavy atom. The van der Waals surface area contributed by atoms with Gasteiger partial charge in [0.25, 0.3) is 5.91 Å². The molecule has 2 aromatic heterocycles. The van der Waals surface area contributed by atoms with Gasteiger partial charge < -0.3 is 5.32 Å². The number of rotatable bonds is 3. The monoisotopic (exact) mass is 301 g/mol. The number of hydrogen-bond donors (Lipinski definition) is 1. The molecule has 0 atom stereocenters. The van der Waals surface area contributed by atoms with Gasteiger partial charge in [-0.15, -0.1) is 0 Å². The summed E-state index contributed by atoms with van der Waals surface area (Å²) in [6.07, 6.45) is 4.22. The molecule has 0 radical (unpaired) electrons. The first-order valence-electron chi connectivity index (χ1n) is 6.21. The maximum atomic E-state index is 13.5. The van der Waals surface area contributed by atoms with Crippen LogP contribution < -0.4 is 5.32 Å². The van der Waals surface area contributed by atoms with E-state index in [1.807, 2.05) is 0 Å². The van der Waals surface area contributed by atoms with Gasteiger partial charge in [-0.2, -0.15) is 5.10 Å². The van der Waals surface area contributed by atoms with Crippen molar-refractivity contribution in [3.05, 3.63) is 66.4 Å². The summed E-state index contributed by atoms with van der Waals surface area (Å²) < 4.78 is 28.0. The second-order valence-electron chi connectivity index (χ2n) is 4.32. The standard InChI is InChI=1S/C14H9F2N5O/c15-9-1-3-12(16)11(5-9)14(22)20-10-2-4-13(18-6-10)21-8-17-7-19-21/h1-8H,(H,20,22). The lowest BCUT2D eigenvalue weighted by Crippen LogP contribution is -2.14. The van der Waals surface area contributed by atoms with Crippen molar-refractivity contribution in [3.63, 3.8) is 0 Å². The highest BCUT2D eigenvalue weighted by Gasteiger charge is 2.13. The summed E-state index contributed by atoms with van der Waals surface area (Å²) in [6.45, 7) is 0. The fraction of sp³-hybridized carbons (Fsp3) is 0. The Kier molecular flexibility index (Phi) is 3.57. The predicted molar refractivity (Wildman–Crippen MR) is 73.5 cm³/mol. The first-order chi connectivity index (χ1) is 10.6. The summed E-state index contributed by atoms with van der Waals surface area (Å²) >= 11 is 0. The average Bonchev–Trinajstić information content (AvgIpc) is 3.05. The summed E-state index contributed by atoms with van der Waals surface area (Å²) in [5, 5.41) is 6.36. The Morgan fingerprint density at radius 1 is 1.18 bits per heavy atom. The fourth-order valence-corrected chi connectivity index (χ4v) is 1.79. The number of halogens is 2. The van der Waals surface area contributed by atoms with Gasteiger partial charge in [-0.3, -0.25) is 4.79 Å². The molecule has 8 heteroatoms. The summed E-state index contributed by atoms with van der Waals surface area (Å²) in [4.78, 5) is 19.8. The van der Waals surface area contributed by atoms with Gasteiger partial charge in [0, 0.05) is 0 Å². The molecule has 1 aromatic carbocycles. The van der Waals surface area contributed by atoms with Crippen LogP contribution in [0.15, 0.2) is 49.2 Å². The third-order valence-electron chi connectivity index (χ3n) is 2.83. The molecule has 0 bridgehead atoms. The van der Waals surface area contributed by atoms with E-state index in [4.69, 9.17) is 0 Å². The molecule has 0 aliphatic rings. The van der Waals surface area contributed by atoms with E-state index in [-0.39, 0.29) is 5.56 Å². The van der Waals surface area contributed by atoms with Crippen LogP contribution in [0.5, 0.6) is 0 Å². The molecule has 3 aromatic rings. The van der Waals surface area contributed by atoms with E-state index in [0.29, 0.717) is 11.5 Å². The molecule has 0 unspecified atom stereocenters. The minimum absolute atomic E-state index is 0.345. The van der Waals surface area contributed by atoms with E-state index in [2.05, 4.69) is 20.4 Å². The molecule has 0 saturated heterocycles. The average molecular weight is 301 g/mol. The summed E-state index contributed by atoms with van der Waals surface area (Å²) in [5.74, 6) is -1.74. The van der Waals surface area contributed by atoms with Crippen LogP contribution in [0, 0.1) is 11.6 Å². The largest absolute Gasteiger partial charge is 0.320 e. The van der Waals surface area contributed by atoms with Gasteiger partial charge in [0.1, 0.15) is 24.3 Å². The Hall–Kier alpha value is -3.16. The third kappa shape index (κ3) is 2.80. The number of nitrogens with one attached hydrogen (secondary N) is 1. The lowest BCUT2D eigenvalue weighted by molar-refractivity contribution is 0.102. The number of pyridine rings is 1. The molecule has 6 nitrogen and oxygen atoms in total. The molecular formula is C14H9F2N5O. The summed E-state index contributed by atoms with van der Waals surface area (Å²) in [7, 11) is 0. The summed E-state index contributed by atoms with van der Waals surface area (Å²) in [5.41, 5.74) is -0.0297. The number of aromatic nitrogens is 4. The van der Waals surface area contributed by atoms with Crippen LogP contribution in [0.1, 0.15) is 10.4 Å². The van der Waals surface area contributed by atoms with Crippen molar-refractivity contribution in [1.29, 1.82) is 0 Å². The van der Waals surface area contributed by atoms with Crippen LogP contribution in [0.4, 0.5) is 14.5 Å². The van der Waals surface area contributed by atoms with Crippen molar-refractivity contribution in [2.24, 2.45) is 0 Å². The highest BCUT2D eigenvalue weighted by Crippen LogP contribution is 2.14. The van der Waals surface area contributed by atoms with Crippen LogP contribution in [-0.4, -0.2) is 25.7 Å². The normalized spacial score (nSPS) is 10.5. The Morgan fingerprint density at radius 3 is 2.73 bits per heavy atom. The second kappa shape index (κ2) is 5.68. The minimum Gasteiger partial charge on any atom is -0.320 e. The highest BCUT2D eigenvalue weighted by molar-refractivity contribution is 6.04. The maximum absolute atomic E-state index is 13.5. The first kappa shape index (κ1) is 13.8. The van der Waals surface area contributed by atoms with E-state index in [0.717, 1.165) is 18.2 Å². The fourth-order valence-electron chi connectivity index (χ4n) is 1.79. The number of nitrogens with zero attached hydrogens (tertiary/aromatic N) is 4. The predicted octanol–water partition coefficient (Wildman–Crippen LogP) is 2.19. The Labute approximate surface area is 123 Å². The van der Waals surface area contributed by atoms with Crippen molar-refractivity contribution in [3.8, 4) is 5.82 Å². The van der Waals surface area contributed by atoms with Crippen molar-refractivity contribution in [2.45, 2.75) is 0 Å². The molecule has 2 heterocycles. The van der Waals surface area contributed by atoms with Crippen LogP contribution in [-0.2, 0) is 0 Å². The zero-order valence-electron chi connectivity index (χ0n) is 11.1. The molecule has 22 heavy (non-hydrogen) atoms. The minimum atomic E-state index is -0.800. The number of amides is 1. The van der Waals surface area contributed by atoms with Crippen LogP contribution in [0.2, 0.25) is 0 Å². The van der Waals surface area contributed by atoms with Crippen LogP contribution in [0.25, 0.3) is 5.82 Å². The first-order valence-corrected chi connectivity index (χ1v) is 6.21. The molecule has 110 valence electrons. The number of anilines is 1. The number of hydrogen-bond acceptors (Lipinski definition) is 4. The Balaban J connectivity index is 1.78. The third-order valence-corrected chi connectivity index (χ3v) is 2.83. The van der Waals surface area contributed by atoms with Gasteiger partial charge in [0.15, 0.2) is 5.82 Å². The molecule has 0 saturated carbocycles. The highest BCUT2D eigenvalue weighted by atomic mass is 19.1. The van der Waals surface area contributed by atoms with Gasteiger partial charge in [-0.1, -0.05) is 0 Å². The molecule has 3 rings (SSSR count). The van der Waals surface area contributed by atoms with Gasteiger partial charge >= 0.3 is 0 Å². The molecule has 0 aliphatic heterocycles. The van der Waals surface area contributed by atoms with E-state index >= 15 is 0 Å². The number of carbonyl (C=O) groups is 1. The van der Waals surface area contributed by atoms with E-state index in [9.17, 15) is 13.6 Å². The van der Waals surface area contributed by atoms with Gasteiger partial charge in [0.05, 0.1) is 17.4 Å². The van der Waals surface area contributed by atoms with E-state index in [1.165, 1.54) is 23.5 Å². The van der Waals surface area contributed by atoms with Crippen molar-refractivity contribution >= 4 is 11.6 Å². The number of carbonyl (C=O) groups excluding carboxylic acids is 1. The molecule has 0 spiro atoms. The van der Waals surface area contributed by atoms with Crippen molar-refractivity contribution in [2.75, 3.05) is 5.32 Å². The molecular weight excluding hydrogens is 292 g/mol. The molecule has 1 amide bonds. The molecule has 1 N–H and O–H groups in total. The number of benzene rings is 1. The van der Waals surface area contributed by atoms with Crippen molar-refractivity contribution in [1.82, 2.24) is 19.7 Å². The summed E-state index contributed by atoms with van der Waals surface area (Å²) in [6, 6.07) is 5.85. The van der Waals surface area contributed by atoms with E-state index < -0.39 is 17.5 Å². The van der Waals surface area contributed by atoms with Gasteiger partial charge in [-0.05, 0) is 30.3 Å². The van der Waals surface area contributed by atoms with Crippen molar-refractivity contribution < 1.29 is 13.6 Å². The van der Waals surface area contributed by atoms with Crippen LogP contribution in [0.3, 0.4) is 0 Å². The zero-order chi connectivity index (χ0) is 15.5. The lowest BCUT2D eigenvalue weighted by Gasteiger charge is -2.07. The van der Waals surface area contributed by atoms with Gasteiger partial charge in [-0.25, -0.2) is 23.4 Å².